The fraction of sp³-hybridized carbons (Fsp3) is 0.533. The number of rotatable bonds is 2. The van der Waals surface area contributed by atoms with Crippen LogP contribution in [-0.2, 0) is 4.84 Å². The van der Waals surface area contributed by atoms with E-state index in [9.17, 15) is 9.90 Å². The van der Waals surface area contributed by atoms with Crippen LogP contribution in [0.4, 0.5) is 10.5 Å². The van der Waals surface area contributed by atoms with Gasteiger partial charge in [0.05, 0.1) is 13.1 Å². The van der Waals surface area contributed by atoms with Gasteiger partial charge in [-0.2, -0.15) is 0 Å². The van der Waals surface area contributed by atoms with E-state index in [1.165, 1.54) is 0 Å². The lowest BCUT2D eigenvalue weighted by Crippen LogP contribution is -2.50. The molecule has 0 aliphatic carbocycles. The first-order chi connectivity index (χ1) is 9.83. The van der Waals surface area contributed by atoms with E-state index in [0.29, 0.717) is 13.1 Å². The molecule has 0 saturated carbocycles. The number of anilines is 1. The second-order valence-corrected chi connectivity index (χ2v) is 6.19. The number of phenols is 1. The predicted octanol–water partition coefficient (Wildman–Crippen LogP) is 1.95. The molecule has 0 bridgehead atoms. The maximum atomic E-state index is 11.7. The lowest BCUT2D eigenvalue weighted by Gasteiger charge is -2.35. The van der Waals surface area contributed by atoms with Crippen molar-refractivity contribution in [2.24, 2.45) is 0 Å². The Kier molecular flexibility index (Phi) is 4.57. The SMILES string of the molecule is CC(C)(C)NC(=O)ON1CCN(c2ccc(O)cc2)CC1. The monoisotopic (exact) mass is 293 g/mol. The molecule has 1 amide bonds. The van der Waals surface area contributed by atoms with Crippen LogP contribution in [0.2, 0.25) is 0 Å². The lowest BCUT2D eigenvalue weighted by molar-refractivity contribution is -0.104. The number of benzene rings is 1. The molecule has 1 saturated heterocycles. The molecule has 1 aliphatic rings. The molecule has 2 N–H and O–H groups in total. The molecule has 0 atom stereocenters. The number of hydrogen-bond acceptors (Lipinski definition) is 5. The lowest BCUT2D eigenvalue weighted by atomic mass is 10.1. The third-order valence-electron chi connectivity index (χ3n) is 3.14. The number of amides is 1. The smallest absolute Gasteiger partial charge is 0.426 e. The molecule has 1 fully saturated rings. The van der Waals surface area contributed by atoms with E-state index in [1.807, 2.05) is 32.9 Å². The Morgan fingerprint density at radius 3 is 2.24 bits per heavy atom. The third-order valence-corrected chi connectivity index (χ3v) is 3.14. The van der Waals surface area contributed by atoms with Gasteiger partial charge in [0, 0.05) is 24.3 Å². The first-order valence-electron chi connectivity index (χ1n) is 7.12. The Morgan fingerprint density at radius 2 is 1.71 bits per heavy atom. The van der Waals surface area contributed by atoms with Gasteiger partial charge in [-0.25, -0.2) is 4.79 Å². The van der Waals surface area contributed by atoms with Gasteiger partial charge in [-0.3, -0.25) is 0 Å². The molecule has 6 nitrogen and oxygen atoms in total. The minimum atomic E-state index is -0.416. The van der Waals surface area contributed by atoms with Crippen LogP contribution in [0.15, 0.2) is 24.3 Å². The topological polar surface area (TPSA) is 65.0 Å². The molecule has 1 aliphatic heterocycles. The number of carbonyl (C=O) groups excluding carboxylic acids is 1. The predicted molar refractivity (Wildman–Crippen MR) is 81.3 cm³/mol. The zero-order valence-electron chi connectivity index (χ0n) is 12.8. The van der Waals surface area contributed by atoms with Gasteiger partial charge in [-0.05, 0) is 45.0 Å². The number of hydrogen-bond donors (Lipinski definition) is 2. The normalized spacial score (nSPS) is 16.6. The molecule has 2 rings (SSSR count). The molecular formula is C15H23N3O3. The van der Waals surface area contributed by atoms with Gasteiger partial charge >= 0.3 is 6.09 Å². The number of piperazine rings is 1. The quantitative estimate of drug-likeness (QED) is 0.872. The van der Waals surface area contributed by atoms with E-state index in [4.69, 9.17) is 4.84 Å². The first-order valence-corrected chi connectivity index (χ1v) is 7.12. The van der Waals surface area contributed by atoms with Gasteiger partial charge < -0.3 is 20.2 Å². The summed E-state index contributed by atoms with van der Waals surface area (Å²) in [5.41, 5.74) is 0.761. The summed E-state index contributed by atoms with van der Waals surface area (Å²) >= 11 is 0. The van der Waals surface area contributed by atoms with Crippen LogP contribution in [-0.4, -0.2) is 48.0 Å². The Hall–Kier alpha value is -1.95. The largest absolute Gasteiger partial charge is 0.508 e. The minimum absolute atomic E-state index is 0.263. The van der Waals surface area contributed by atoms with Gasteiger partial charge in [0.2, 0.25) is 0 Å². The maximum absolute atomic E-state index is 11.7. The van der Waals surface area contributed by atoms with Gasteiger partial charge in [-0.1, -0.05) is 0 Å². The Morgan fingerprint density at radius 1 is 1.14 bits per heavy atom. The number of carbonyl (C=O) groups is 1. The highest BCUT2D eigenvalue weighted by Gasteiger charge is 2.22. The standard InChI is InChI=1S/C15H23N3O3/c1-15(2,3)16-14(20)21-18-10-8-17(9-11-18)12-4-6-13(19)7-5-12/h4-7,19H,8-11H2,1-3H3,(H,16,20). The fourth-order valence-electron chi connectivity index (χ4n) is 2.15. The molecule has 1 aromatic rings. The van der Waals surface area contributed by atoms with Crippen molar-refractivity contribution in [1.29, 1.82) is 0 Å². The van der Waals surface area contributed by atoms with Gasteiger partial charge in [0.15, 0.2) is 0 Å². The van der Waals surface area contributed by atoms with Crippen molar-refractivity contribution in [1.82, 2.24) is 10.4 Å². The average molecular weight is 293 g/mol. The molecule has 1 aromatic carbocycles. The Bertz CT molecular complexity index is 474. The second-order valence-electron chi connectivity index (χ2n) is 6.19. The van der Waals surface area contributed by atoms with Crippen LogP contribution >= 0.6 is 0 Å². The highest BCUT2D eigenvalue weighted by Crippen LogP contribution is 2.19. The molecular weight excluding hydrogens is 270 g/mol. The zero-order valence-corrected chi connectivity index (χ0v) is 12.8. The van der Waals surface area contributed by atoms with Crippen molar-refractivity contribution in [3.63, 3.8) is 0 Å². The van der Waals surface area contributed by atoms with Crippen LogP contribution in [0, 0.1) is 0 Å². The molecule has 0 aromatic heterocycles. The molecule has 0 spiro atoms. The third kappa shape index (κ3) is 4.82. The van der Waals surface area contributed by atoms with E-state index in [1.54, 1.807) is 17.2 Å². The second kappa shape index (κ2) is 6.22. The summed E-state index contributed by atoms with van der Waals surface area (Å²) in [6.07, 6.45) is -0.416. The Labute approximate surface area is 125 Å². The number of nitrogens with one attached hydrogen (secondary N) is 1. The summed E-state index contributed by atoms with van der Waals surface area (Å²) in [5, 5.41) is 13.7. The molecule has 6 heteroatoms. The number of hydroxylamine groups is 2. The van der Waals surface area contributed by atoms with Crippen molar-refractivity contribution in [2.45, 2.75) is 26.3 Å². The zero-order chi connectivity index (χ0) is 15.5. The summed E-state index contributed by atoms with van der Waals surface area (Å²) in [4.78, 5) is 19.2. The molecule has 0 unspecified atom stereocenters. The summed E-state index contributed by atoms with van der Waals surface area (Å²) in [5.74, 6) is 0.263. The van der Waals surface area contributed by atoms with E-state index in [2.05, 4.69) is 10.2 Å². The van der Waals surface area contributed by atoms with Crippen molar-refractivity contribution >= 4 is 11.8 Å². The summed E-state index contributed by atoms with van der Waals surface area (Å²) in [6.45, 7) is 8.59. The highest BCUT2D eigenvalue weighted by atomic mass is 16.7. The molecule has 21 heavy (non-hydrogen) atoms. The number of aromatic hydroxyl groups is 1. The van der Waals surface area contributed by atoms with Crippen molar-refractivity contribution in [3.05, 3.63) is 24.3 Å². The fourth-order valence-corrected chi connectivity index (χ4v) is 2.15. The highest BCUT2D eigenvalue weighted by molar-refractivity contribution is 5.67. The Balaban J connectivity index is 1.80. The van der Waals surface area contributed by atoms with E-state index in [-0.39, 0.29) is 11.3 Å². The summed E-state index contributed by atoms with van der Waals surface area (Å²) < 4.78 is 0. The van der Waals surface area contributed by atoms with E-state index < -0.39 is 6.09 Å². The van der Waals surface area contributed by atoms with Crippen LogP contribution in [0.3, 0.4) is 0 Å². The van der Waals surface area contributed by atoms with Crippen molar-refractivity contribution < 1.29 is 14.7 Å². The van der Waals surface area contributed by atoms with Gasteiger partial charge in [0.25, 0.3) is 0 Å². The molecule has 0 radical (unpaired) electrons. The number of phenolic OH excluding ortho intramolecular Hbond substituents is 1. The van der Waals surface area contributed by atoms with Crippen molar-refractivity contribution in [2.75, 3.05) is 31.1 Å². The number of nitrogens with zero attached hydrogens (tertiary/aromatic N) is 2. The van der Waals surface area contributed by atoms with Crippen LogP contribution in [0.25, 0.3) is 0 Å². The van der Waals surface area contributed by atoms with E-state index in [0.717, 1.165) is 18.8 Å². The summed E-state index contributed by atoms with van der Waals surface area (Å²) in [7, 11) is 0. The van der Waals surface area contributed by atoms with Gasteiger partial charge in [-0.15, -0.1) is 5.06 Å². The van der Waals surface area contributed by atoms with Crippen LogP contribution < -0.4 is 10.2 Å². The van der Waals surface area contributed by atoms with Crippen LogP contribution in [0.1, 0.15) is 20.8 Å². The van der Waals surface area contributed by atoms with Crippen molar-refractivity contribution in [3.8, 4) is 5.75 Å². The first kappa shape index (κ1) is 15.4. The average Bonchev–Trinajstić information content (AvgIpc) is 2.38. The van der Waals surface area contributed by atoms with Gasteiger partial charge in [0.1, 0.15) is 5.75 Å². The van der Waals surface area contributed by atoms with Crippen LogP contribution in [0.5, 0.6) is 5.75 Å². The maximum Gasteiger partial charge on any atom is 0.426 e. The summed E-state index contributed by atoms with van der Waals surface area (Å²) in [6, 6.07) is 7.13. The van der Waals surface area contributed by atoms with E-state index >= 15 is 0 Å². The minimum Gasteiger partial charge on any atom is -0.508 e. The molecule has 1 heterocycles. The molecule has 116 valence electrons.